The second-order valence-corrected chi connectivity index (χ2v) is 8.35. The number of esters is 1. The molecule has 1 atom stereocenters. The molecule has 0 spiro atoms. The standard InChI is InChI=1S/C25H40N4O3.HI/c1-3-32-24(31)14-10-5-4-6-11-16-27-25(26-2)28-19-22-18-23(30)29(20-22)17-15-21-12-8-7-9-13-21;/h7-9,12-13,22H,3-6,10-11,14-20H2,1-2H3,(H2,26,27,28);1H. The summed E-state index contributed by atoms with van der Waals surface area (Å²) in [6.07, 6.45) is 7.30. The molecule has 1 aliphatic rings. The van der Waals surface area contributed by atoms with Crippen LogP contribution < -0.4 is 10.6 Å². The van der Waals surface area contributed by atoms with Crippen LogP contribution >= 0.6 is 24.0 Å². The fraction of sp³-hybridized carbons (Fsp3) is 0.640. The summed E-state index contributed by atoms with van der Waals surface area (Å²) >= 11 is 0. The summed E-state index contributed by atoms with van der Waals surface area (Å²) in [5.74, 6) is 1.27. The average molecular weight is 573 g/mol. The summed E-state index contributed by atoms with van der Waals surface area (Å²) in [5, 5.41) is 6.73. The Balaban J connectivity index is 0.00000544. The van der Waals surface area contributed by atoms with Crippen molar-refractivity contribution in [3.05, 3.63) is 35.9 Å². The molecule has 1 unspecified atom stereocenters. The number of guanidine groups is 1. The molecule has 1 amide bonds. The highest BCUT2D eigenvalue weighted by Crippen LogP contribution is 2.17. The fourth-order valence-electron chi connectivity index (χ4n) is 3.94. The van der Waals surface area contributed by atoms with Crippen molar-refractivity contribution >= 4 is 41.8 Å². The summed E-state index contributed by atoms with van der Waals surface area (Å²) in [4.78, 5) is 29.9. The van der Waals surface area contributed by atoms with Gasteiger partial charge < -0.3 is 20.3 Å². The number of halogens is 1. The largest absolute Gasteiger partial charge is 0.466 e. The van der Waals surface area contributed by atoms with Gasteiger partial charge in [-0.15, -0.1) is 24.0 Å². The van der Waals surface area contributed by atoms with Gasteiger partial charge in [-0.1, -0.05) is 49.6 Å². The average Bonchev–Trinajstić information content (AvgIpc) is 3.16. The lowest BCUT2D eigenvalue weighted by Gasteiger charge is -2.18. The lowest BCUT2D eigenvalue weighted by Crippen LogP contribution is -2.40. The van der Waals surface area contributed by atoms with E-state index in [1.165, 1.54) is 5.56 Å². The maximum Gasteiger partial charge on any atom is 0.305 e. The maximum absolute atomic E-state index is 12.3. The molecule has 7 nitrogen and oxygen atoms in total. The Morgan fingerprint density at radius 2 is 1.85 bits per heavy atom. The molecule has 2 rings (SSSR count). The molecule has 0 aromatic heterocycles. The Bertz CT molecular complexity index is 715. The number of hydrogen-bond donors (Lipinski definition) is 2. The van der Waals surface area contributed by atoms with Crippen molar-refractivity contribution in [2.45, 2.75) is 58.3 Å². The van der Waals surface area contributed by atoms with E-state index in [4.69, 9.17) is 4.74 Å². The number of benzene rings is 1. The zero-order chi connectivity index (χ0) is 23.0. The summed E-state index contributed by atoms with van der Waals surface area (Å²) in [6, 6.07) is 10.3. The first kappa shape index (κ1) is 29.2. The molecule has 1 fully saturated rings. The minimum Gasteiger partial charge on any atom is -0.466 e. The van der Waals surface area contributed by atoms with Gasteiger partial charge in [-0.25, -0.2) is 0 Å². The number of nitrogens with one attached hydrogen (secondary N) is 2. The highest BCUT2D eigenvalue weighted by Gasteiger charge is 2.29. The summed E-state index contributed by atoms with van der Waals surface area (Å²) < 4.78 is 4.94. The minimum absolute atomic E-state index is 0. The second kappa shape index (κ2) is 17.6. The number of nitrogens with zero attached hydrogens (tertiary/aromatic N) is 2. The third-order valence-corrected chi connectivity index (χ3v) is 5.75. The molecule has 0 bridgehead atoms. The van der Waals surface area contributed by atoms with Crippen LogP contribution in [0.3, 0.4) is 0 Å². The van der Waals surface area contributed by atoms with E-state index in [-0.39, 0.29) is 35.9 Å². The Labute approximate surface area is 216 Å². The molecule has 2 N–H and O–H groups in total. The van der Waals surface area contributed by atoms with Crippen molar-refractivity contribution < 1.29 is 14.3 Å². The van der Waals surface area contributed by atoms with Crippen LogP contribution in [0.1, 0.15) is 57.4 Å². The number of aliphatic imine (C=N–C) groups is 1. The first-order valence-corrected chi connectivity index (χ1v) is 12.0. The smallest absolute Gasteiger partial charge is 0.305 e. The van der Waals surface area contributed by atoms with Crippen LogP contribution in [-0.4, -0.2) is 62.6 Å². The van der Waals surface area contributed by atoms with Gasteiger partial charge in [0, 0.05) is 52.0 Å². The molecule has 33 heavy (non-hydrogen) atoms. The Kier molecular flexibility index (Phi) is 15.6. The minimum atomic E-state index is -0.0904. The third-order valence-electron chi connectivity index (χ3n) is 5.75. The normalized spacial score (nSPS) is 15.8. The van der Waals surface area contributed by atoms with Crippen LogP contribution in [0, 0.1) is 5.92 Å². The second-order valence-electron chi connectivity index (χ2n) is 8.35. The van der Waals surface area contributed by atoms with Crippen molar-refractivity contribution in [2.24, 2.45) is 10.9 Å². The van der Waals surface area contributed by atoms with Gasteiger partial charge in [-0.2, -0.15) is 0 Å². The summed E-state index contributed by atoms with van der Waals surface area (Å²) in [6.45, 7) is 5.51. The van der Waals surface area contributed by atoms with Crippen molar-refractivity contribution in [3.8, 4) is 0 Å². The topological polar surface area (TPSA) is 83.0 Å². The van der Waals surface area contributed by atoms with E-state index in [0.717, 1.165) is 70.7 Å². The molecule has 1 aromatic rings. The lowest BCUT2D eigenvalue weighted by atomic mass is 10.1. The monoisotopic (exact) mass is 572 g/mol. The van der Waals surface area contributed by atoms with Gasteiger partial charge >= 0.3 is 5.97 Å². The third kappa shape index (κ3) is 12.3. The molecular weight excluding hydrogens is 531 g/mol. The van der Waals surface area contributed by atoms with Crippen LogP contribution in [0.5, 0.6) is 0 Å². The number of hydrogen-bond acceptors (Lipinski definition) is 4. The van der Waals surface area contributed by atoms with E-state index in [1.54, 1.807) is 7.05 Å². The summed E-state index contributed by atoms with van der Waals surface area (Å²) in [5.41, 5.74) is 1.27. The summed E-state index contributed by atoms with van der Waals surface area (Å²) in [7, 11) is 1.77. The van der Waals surface area contributed by atoms with Gasteiger partial charge in [0.25, 0.3) is 0 Å². The van der Waals surface area contributed by atoms with E-state index in [1.807, 2.05) is 30.0 Å². The SMILES string of the molecule is CCOC(=O)CCCCCCCNC(=NC)NCC1CC(=O)N(CCc2ccccc2)C1.I. The predicted octanol–water partition coefficient (Wildman–Crippen LogP) is 3.76. The quantitative estimate of drug-likeness (QED) is 0.117. The Morgan fingerprint density at radius 1 is 1.12 bits per heavy atom. The van der Waals surface area contributed by atoms with E-state index in [2.05, 4.69) is 27.8 Å². The first-order chi connectivity index (χ1) is 15.6. The van der Waals surface area contributed by atoms with Crippen molar-refractivity contribution in [3.63, 3.8) is 0 Å². The molecule has 0 aliphatic carbocycles. The van der Waals surface area contributed by atoms with Gasteiger partial charge in [0.15, 0.2) is 5.96 Å². The van der Waals surface area contributed by atoms with Gasteiger partial charge in [-0.3, -0.25) is 14.6 Å². The Hall–Kier alpha value is -1.84. The lowest BCUT2D eigenvalue weighted by molar-refractivity contribution is -0.143. The first-order valence-electron chi connectivity index (χ1n) is 12.0. The van der Waals surface area contributed by atoms with E-state index < -0.39 is 0 Å². The van der Waals surface area contributed by atoms with Gasteiger partial charge in [0.1, 0.15) is 0 Å². The van der Waals surface area contributed by atoms with Crippen LogP contribution in [0.15, 0.2) is 35.3 Å². The van der Waals surface area contributed by atoms with Crippen LogP contribution in [0.4, 0.5) is 0 Å². The van der Waals surface area contributed by atoms with Crippen LogP contribution in [0.25, 0.3) is 0 Å². The van der Waals surface area contributed by atoms with E-state index in [0.29, 0.717) is 25.4 Å². The number of unbranched alkanes of at least 4 members (excludes halogenated alkanes) is 4. The zero-order valence-corrected chi connectivity index (χ0v) is 22.5. The van der Waals surface area contributed by atoms with E-state index in [9.17, 15) is 9.59 Å². The molecule has 0 radical (unpaired) electrons. The fourth-order valence-corrected chi connectivity index (χ4v) is 3.94. The number of carbonyl (C=O) groups excluding carboxylic acids is 2. The molecule has 8 heteroatoms. The molecule has 1 aliphatic heterocycles. The van der Waals surface area contributed by atoms with Crippen LogP contribution in [-0.2, 0) is 20.7 Å². The van der Waals surface area contributed by atoms with Gasteiger partial charge in [0.2, 0.25) is 5.91 Å². The molecule has 1 heterocycles. The molecular formula is C25H41IN4O3. The number of amides is 1. The molecule has 1 saturated heterocycles. The molecule has 0 saturated carbocycles. The van der Waals surface area contributed by atoms with Crippen molar-refractivity contribution in [1.82, 2.24) is 15.5 Å². The maximum atomic E-state index is 12.3. The highest BCUT2D eigenvalue weighted by molar-refractivity contribution is 14.0. The van der Waals surface area contributed by atoms with Gasteiger partial charge in [-0.05, 0) is 31.7 Å². The van der Waals surface area contributed by atoms with Crippen molar-refractivity contribution in [1.29, 1.82) is 0 Å². The van der Waals surface area contributed by atoms with E-state index >= 15 is 0 Å². The zero-order valence-electron chi connectivity index (χ0n) is 20.2. The number of rotatable bonds is 14. The highest BCUT2D eigenvalue weighted by atomic mass is 127. The van der Waals surface area contributed by atoms with Gasteiger partial charge in [0.05, 0.1) is 6.61 Å². The molecule has 1 aromatic carbocycles. The van der Waals surface area contributed by atoms with Crippen LogP contribution in [0.2, 0.25) is 0 Å². The predicted molar refractivity (Wildman–Crippen MR) is 144 cm³/mol. The molecule has 186 valence electrons. The number of likely N-dealkylation sites (tertiary alicyclic amines) is 1. The van der Waals surface area contributed by atoms with Crippen molar-refractivity contribution in [2.75, 3.05) is 39.8 Å². The Morgan fingerprint density at radius 3 is 2.58 bits per heavy atom. The number of ether oxygens (including phenoxy) is 1. The number of carbonyl (C=O) groups is 2.